The average Bonchev–Trinajstić information content (AvgIpc) is 3.23. The number of anilines is 3. The highest BCUT2D eigenvalue weighted by molar-refractivity contribution is 7.89. The van der Waals surface area contributed by atoms with E-state index in [1.807, 2.05) is 19.2 Å². The highest BCUT2D eigenvalue weighted by Gasteiger charge is 2.16. The van der Waals surface area contributed by atoms with Gasteiger partial charge < -0.3 is 19.9 Å². The molecule has 1 fully saturated rings. The lowest BCUT2D eigenvalue weighted by molar-refractivity contribution is 0.243. The molecule has 0 unspecified atom stereocenters. The minimum Gasteiger partial charge on any atom is -0.489 e. The molecule has 0 amide bonds. The molecule has 1 aliphatic heterocycles. The number of hydrogen-bond acceptors (Lipinski definition) is 8. The molecular formula is C23H30ClN5O3S2. The molecule has 0 bridgehead atoms. The first-order valence-corrected chi connectivity index (χ1v) is 13.2. The molecule has 0 radical (unpaired) electrons. The van der Waals surface area contributed by atoms with E-state index in [4.69, 9.17) is 14.9 Å². The number of nitrogens with two attached hydrogens (primary N) is 1. The third-order valence-corrected chi connectivity index (χ3v) is 7.09. The maximum Gasteiger partial charge on any atom is 0.238 e. The van der Waals surface area contributed by atoms with Crippen molar-refractivity contribution in [2.75, 3.05) is 43.4 Å². The summed E-state index contributed by atoms with van der Waals surface area (Å²) in [4.78, 5) is 9.44. The third-order valence-electron chi connectivity index (χ3n) is 5.42. The van der Waals surface area contributed by atoms with Gasteiger partial charge in [-0.3, -0.25) is 0 Å². The maximum absolute atomic E-state index is 11.8. The largest absolute Gasteiger partial charge is 0.489 e. The zero-order chi connectivity index (χ0) is 23.6. The number of ether oxygens (including phenoxy) is 1. The number of benzene rings is 2. The fourth-order valence-corrected chi connectivity index (χ4v) is 4.90. The van der Waals surface area contributed by atoms with Gasteiger partial charge in [0.05, 0.1) is 22.4 Å². The van der Waals surface area contributed by atoms with Crippen molar-refractivity contribution in [1.82, 2.24) is 9.88 Å². The van der Waals surface area contributed by atoms with Crippen molar-refractivity contribution in [3.05, 3.63) is 47.8 Å². The van der Waals surface area contributed by atoms with E-state index in [9.17, 15) is 8.42 Å². The first kappa shape index (κ1) is 26.2. The van der Waals surface area contributed by atoms with Crippen LogP contribution in [0.1, 0.15) is 13.8 Å². The van der Waals surface area contributed by atoms with E-state index < -0.39 is 10.0 Å². The third kappa shape index (κ3) is 6.39. The Morgan fingerprint density at radius 1 is 1.09 bits per heavy atom. The Morgan fingerprint density at radius 2 is 1.76 bits per heavy atom. The second-order valence-corrected chi connectivity index (χ2v) is 10.8. The van der Waals surface area contributed by atoms with Gasteiger partial charge in [0, 0.05) is 42.8 Å². The normalized spacial score (nSPS) is 14.7. The SMILES string of the molecule is CC(C)Oc1ccc(S(N)(=O)=O)cc1Nc1nc(-c2ccc(N3CCN(C)CC3)cc2)cs1.Cl. The monoisotopic (exact) mass is 523 g/mol. The van der Waals surface area contributed by atoms with Crippen LogP contribution in [0, 0.1) is 0 Å². The van der Waals surface area contributed by atoms with Gasteiger partial charge in [0.15, 0.2) is 5.13 Å². The highest BCUT2D eigenvalue weighted by atomic mass is 35.5. The van der Waals surface area contributed by atoms with Crippen LogP contribution in [-0.4, -0.2) is 57.6 Å². The highest BCUT2D eigenvalue weighted by Crippen LogP contribution is 2.34. The second-order valence-electron chi connectivity index (χ2n) is 8.37. The summed E-state index contributed by atoms with van der Waals surface area (Å²) >= 11 is 1.44. The summed E-state index contributed by atoms with van der Waals surface area (Å²) in [6.07, 6.45) is -0.0726. The van der Waals surface area contributed by atoms with Crippen molar-refractivity contribution in [1.29, 1.82) is 0 Å². The molecule has 34 heavy (non-hydrogen) atoms. The molecule has 4 rings (SSSR count). The molecule has 8 nitrogen and oxygen atoms in total. The average molecular weight is 524 g/mol. The van der Waals surface area contributed by atoms with Crippen molar-refractivity contribution < 1.29 is 13.2 Å². The number of rotatable bonds is 7. The molecule has 3 N–H and O–H groups in total. The summed E-state index contributed by atoms with van der Waals surface area (Å²) in [5, 5.41) is 11.1. The van der Waals surface area contributed by atoms with Crippen molar-refractivity contribution >= 4 is 50.3 Å². The lowest BCUT2D eigenvalue weighted by atomic mass is 10.1. The van der Waals surface area contributed by atoms with Gasteiger partial charge in [-0.05, 0) is 51.2 Å². The number of likely N-dealkylation sites (N-methyl/N-ethyl adjacent to an activating group) is 1. The lowest BCUT2D eigenvalue weighted by Crippen LogP contribution is -2.44. The Bertz CT molecular complexity index is 1210. The van der Waals surface area contributed by atoms with Crippen LogP contribution in [0.3, 0.4) is 0 Å². The summed E-state index contributed by atoms with van der Waals surface area (Å²) < 4.78 is 29.4. The molecular weight excluding hydrogens is 494 g/mol. The molecule has 1 aromatic heterocycles. The van der Waals surface area contributed by atoms with Crippen LogP contribution >= 0.6 is 23.7 Å². The van der Waals surface area contributed by atoms with Gasteiger partial charge in [-0.1, -0.05) is 12.1 Å². The Balaban J connectivity index is 0.00000324. The van der Waals surface area contributed by atoms with Gasteiger partial charge in [0.25, 0.3) is 0 Å². The van der Waals surface area contributed by atoms with Crippen molar-refractivity contribution in [2.24, 2.45) is 5.14 Å². The van der Waals surface area contributed by atoms with Gasteiger partial charge in [-0.15, -0.1) is 23.7 Å². The second kappa shape index (κ2) is 10.9. The molecule has 0 atom stereocenters. The number of nitrogens with one attached hydrogen (secondary N) is 1. The van der Waals surface area contributed by atoms with Crippen molar-refractivity contribution in [2.45, 2.75) is 24.8 Å². The van der Waals surface area contributed by atoms with Crippen LogP contribution in [0.2, 0.25) is 0 Å². The molecule has 1 saturated heterocycles. The number of thiazole rings is 1. The van der Waals surface area contributed by atoms with Crippen LogP contribution in [0.4, 0.5) is 16.5 Å². The summed E-state index contributed by atoms with van der Waals surface area (Å²) in [5.41, 5.74) is 3.59. The van der Waals surface area contributed by atoms with Crippen LogP contribution in [0.15, 0.2) is 52.7 Å². The molecule has 184 valence electrons. The van der Waals surface area contributed by atoms with Crippen LogP contribution in [-0.2, 0) is 10.0 Å². The Kier molecular flexibility index (Phi) is 8.43. The number of sulfonamides is 1. The topological polar surface area (TPSA) is 101 Å². The number of halogens is 1. The number of primary sulfonamides is 1. The van der Waals surface area contributed by atoms with E-state index >= 15 is 0 Å². The fraction of sp³-hybridized carbons (Fsp3) is 0.348. The Hall–Kier alpha value is -2.37. The number of piperazine rings is 1. The summed E-state index contributed by atoms with van der Waals surface area (Å²) in [6, 6.07) is 13.0. The van der Waals surface area contributed by atoms with Gasteiger partial charge >= 0.3 is 0 Å². The molecule has 0 saturated carbocycles. The molecule has 0 aliphatic carbocycles. The van der Waals surface area contributed by atoms with E-state index in [0.717, 1.165) is 37.4 Å². The Morgan fingerprint density at radius 3 is 2.38 bits per heavy atom. The summed E-state index contributed by atoms with van der Waals surface area (Å²) in [7, 11) is -1.69. The maximum atomic E-state index is 11.8. The number of aromatic nitrogens is 1. The van der Waals surface area contributed by atoms with Gasteiger partial charge in [0.1, 0.15) is 5.75 Å². The van der Waals surface area contributed by atoms with E-state index in [0.29, 0.717) is 16.6 Å². The lowest BCUT2D eigenvalue weighted by Gasteiger charge is -2.34. The molecule has 0 spiro atoms. The van der Waals surface area contributed by atoms with E-state index in [-0.39, 0.29) is 23.4 Å². The van der Waals surface area contributed by atoms with E-state index in [1.165, 1.54) is 29.2 Å². The molecule has 2 heterocycles. The van der Waals surface area contributed by atoms with Gasteiger partial charge in [-0.25, -0.2) is 18.5 Å². The van der Waals surface area contributed by atoms with Gasteiger partial charge in [-0.2, -0.15) is 0 Å². The zero-order valence-corrected chi connectivity index (χ0v) is 21.8. The fourth-order valence-electron chi connectivity index (χ4n) is 3.63. The van der Waals surface area contributed by atoms with Gasteiger partial charge in [0.2, 0.25) is 10.0 Å². The predicted molar refractivity (Wildman–Crippen MR) is 141 cm³/mol. The predicted octanol–water partition coefficient (Wildman–Crippen LogP) is 4.16. The zero-order valence-electron chi connectivity index (χ0n) is 19.4. The van der Waals surface area contributed by atoms with Crippen molar-refractivity contribution in [3.8, 4) is 17.0 Å². The van der Waals surface area contributed by atoms with Crippen LogP contribution in [0.25, 0.3) is 11.3 Å². The number of hydrogen-bond donors (Lipinski definition) is 2. The van der Waals surface area contributed by atoms with E-state index in [1.54, 1.807) is 6.07 Å². The number of nitrogens with zero attached hydrogens (tertiary/aromatic N) is 3. The standard InChI is InChI=1S/C23H29N5O3S2.ClH/c1-16(2)31-22-9-8-19(33(24,29)30)14-20(22)25-23-26-21(15-32-23)17-4-6-18(7-5-17)28-12-10-27(3)11-13-28;/h4-9,14-16H,10-13H2,1-3H3,(H,25,26)(H2,24,29,30);1H. The quantitative estimate of drug-likeness (QED) is 0.479. The van der Waals surface area contributed by atoms with Crippen LogP contribution < -0.4 is 20.1 Å². The molecule has 11 heteroatoms. The molecule has 1 aliphatic rings. The smallest absolute Gasteiger partial charge is 0.238 e. The van der Waals surface area contributed by atoms with Crippen LogP contribution in [0.5, 0.6) is 5.75 Å². The summed E-state index contributed by atoms with van der Waals surface area (Å²) in [5.74, 6) is 0.533. The molecule has 3 aromatic rings. The first-order valence-electron chi connectivity index (χ1n) is 10.8. The minimum atomic E-state index is -3.84. The summed E-state index contributed by atoms with van der Waals surface area (Å²) in [6.45, 7) is 8.00. The molecule has 2 aromatic carbocycles. The minimum absolute atomic E-state index is 0. The van der Waals surface area contributed by atoms with E-state index in [2.05, 4.69) is 46.4 Å². The first-order chi connectivity index (χ1) is 15.7. The Labute approximate surface area is 211 Å². The van der Waals surface area contributed by atoms with Crippen molar-refractivity contribution in [3.63, 3.8) is 0 Å².